The van der Waals surface area contributed by atoms with Crippen LogP contribution in [0.3, 0.4) is 0 Å². The van der Waals surface area contributed by atoms with Crippen molar-refractivity contribution in [3.05, 3.63) is 12.2 Å². The second-order valence-corrected chi connectivity index (χ2v) is 6.63. The molecule has 0 saturated carbocycles. The van der Waals surface area contributed by atoms with E-state index in [0.717, 1.165) is 70.6 Å². The Bertz CT molecular complexity index is 525. The number of guanidine groups is 1. The zero-order valence-electron chi connectivity index (χ0n) is 16.6. The van der Waals surface area contributed by atoms with Crippen LogP contribution in [0.2, 0.25) is 0 Å². The van der Waals surface area contributed by atoms with Crippen LogP contribution in [0.5, 0.6) is 0 Å². The molecule has 1 atom stereocenters. The van der Waals surface area contributed by atoms with Gasteiger partial charge in [0.2, 0.25) is 0 Å². The smallest absolute Gasteiger partial charge is 0.191 e. The first kappa shape index (κ1) is 23.1. The monoisotopic (exact) mass is 478 g/mol. The SMILES string of the molecule is CCNC(=NCC(C)N1CCN(C)CC1)NCCn1cnnc1CC.I. The highest BCUT2D eigenvalue weighted by Gasteiger charge is 2.18. The average molecular weight is 478 g/mol. The number of aromatic nitrogens is 3. The van der Waals surface area contributed by atoms with E-state index in [1.807, 2.05) is 0 Å². The fourth-order valence-electron chi connectivity index (χ4n) is 2.98. The number of piperazine rings is 1. The third kappa shape index (κ3) is 7.36. The van der Waals surface area contributed by atoms with Crippen molar-refractivity contribution in [2.75, 3.05) is 52.9 Å². The summed E-state index contributed by atoms with van der Waals surface area (Å²) in [5, 5.41) is 14.8. The Morgan fingerprint density at radius 2 is 1.96 bits per heavy atom. The fraction of sp³-hybridized carbons (Fsp3) is 0.824. The van der Waals surface area contributed by atoms with E-state index in [1.165, 1.54) is 0 Å². The Kier molecular flexibility index (Phi) is 11.1. The zero-order chi connectivity index (χ0) is 18.1. The Labute approximate surface area is 174 Å². The van der Waals surface area contributed by atoms with Crippen molar-refractivity contribution in [2.24, 2.45) is 4.99 Å². The second kappa shape index (κ2) is 12.4. The molecule has 26 heavy (non-hydrogen) atoms. The Balaban J connectivity index is 0.00000338. The highest BCUT2D eigenvalue weighted by molar-refractivity contribution is 14.0. The molecule has 0 aromatic carbocycles. The molecule has 2 N–H and O–H groups in total. The minimum Gasteiger partial charge on any atom is -0.357 e. The molecule has 150 valence electrons. The lowest BCUT2D eigenvalue weighted by molar-refractivity contribution is 0.122. The van der Waals surface area contributed by atoms with Gasteiger partial charge in [0.05, 0.1) is 6.54 Å². The molecule has 0 spiro atoms. The van der Waals surface area contributed by atoms with Gasteiger partial charge in [0.1, 0.15) is 12.2 Å². The number of halogens is 1. The lowest BCUT2D eigenvalue weighted by Gasteiger charge is -2.35. The van der Waals surface area contributed by atoms with E-state index in [2.05, 4.69) is 63.0 Å². The molecule has 1 aliphatic rings. The lowest BCUT2D eigenvalue weighted by Crippen LogP contribution is -2.49. The molecule has 0 bridgehead atoms. The van der Waals surface area contributed by atoms with Gasteiger partial charge < -0.3 is 20.1 Å². The van der Waals surface area contributed by atoms with Crippen LogP contribution in [0.15, 0.2) is 11.3 Å². The second-order valence-electron chi connectivity index (χ2n) is 6.63. The number of rotatable bonds is 8. The third-order valence-corrected chi connectivity index (χ3v) is 4.68. The molecule has 1 fully saturated rings. The van der Waals surface area contributed by atoms with Crippen LogP contribution in [0.1, 0.15) is 26.6 Å². The van der Waals surface area contributed by atoms with Gasteiger partial charge in [-0.2, -0.15) is 0 Å². The van der Waals surface area contributed by atoms with Crippen molar-refractivity contribution >= 4 is 29.9 Å². The van der Waals surface area contributed by atoms with Gasteiger partial charge >= 0.3 is 0 Å². The van der Waals surface area contributed by atoms with E-state index in [1.54, 1.807) is 6.33 Å². The molecule has 8 nitrogen and oxygen atoms in total. The van der Waals surface area contributed by atoms with Crippen LogP contribution in [0.25, 0.3) is 0 Å². The number of nitrogens with zero attached hydrogens (tertiary/aromatic N) is 6. The van der Waals surface area contributed by atoms with Gasteiger partial charge in [-0.3, -0.25) is 9.89 Å². The van der Waals surface area contributed by atoms with Crippen LogP contribution in [-0.2, 0) is 13.0 Å². The molecule has 0 aliphatic carbocycles. The summed E-state index contributed by atoms with van der Waals surface area (Å²) < 4.78 is 2.09. The Hall–Kier alpha value is -0.940. The zero-order valence-corrected chi connectivity index (χ0v) is 18.9. The minimum atomic E-state index is 0. The lowest BCUT2D eigenvalue weighted by atomic mass is 10.2. The summed E-state index contributed by atoms with van der Waals surface area (Å²) in [6.07, 6.45) is 2.69. The summed E-state index contributed by atoms with van der Waals surface area (Å²) in [6.45, 7) is 14.3. The highest BCUT2D eigenvalue weighted by Crippen LogP contribution is 2.05. The summed E-state index contributed by atoms with van der Waals surface area (Å²) in [7, 11) is 2.19. The molecule has 0 amide bonds. The molecule has 1 aromatic heterocycles. The number of hydrogen-bond acceptors (Lipinski definition) is 5. The van der Waals surface area contributed by atoms with Gasteiger partial charge in [0.25, 0.3) is 0 Å². The quantitative estimate of drug-likeness (QED) is 0.325. The standard InChI is InChI=1S/C17H34N8.HI/c1-5-16-22-21-14-25(16)8-7-19-17(18-6-2)20-13-15(3)24-11-9-23(4)10-12-24;/h14-15H,5-13H2,1-4H3,(H2,18,19,20);1H. The van der Waals surface area contributed by atoms with Crippen molar-refractivity contribution in [1.29, 1.82) is 0 Å². The summed E-state index contributed by atoms with van der Waals surface area (Å²) in [6, 6.07) is 0.466. The van der Waals surface area contributed by atoms with E-state index in [9.17, 15) is 0 Å². The summed E-state index contributed by atoms with van der Waals surface area (Å²) in [5.41, 5.74) is 0. The van der Waals surface area contributed by atoms with Gasteiger partial charge in [0.15, 0.2) is 5.96 Å². The predicted molar refractivity (Wildman–Crippen MR) is 117 cm³/mol. The van der Waals surface area contributed by atoms with Crippen molar-refractivity contribution < 1.29 is 0 Å². The number of aryl methyl sites for hydroxylation is 1. The molecule has 1 saturated heterocycles. The number of nitrogens with one attached hydrogen (secondary N) is 2. The van der Waals surface area contributed by atoms with E-state index < -0.39 is 0 Å². The predicted octanol–water partition coefficient (Wildman–Crippen LogP) is 0.650. The number of aliphatic imine (C=N–C) groups is 1. The first-order chi connectivity index (χ1) is 12.1. The van der Waals surface area contributed by atoms with E-state index >= 15 is 0 Å². The maximum Gasteiger partial charge on any atom is 0.191 e. The topological polar surface area (TPSA) is 73.6 Å². The van der Waals surface area contributed by atoms with Crippen molar-refractivity contribution in [3.8, 4) is 0 Å². The Morgan fingerprint density at radius 1 is 1.23 bits per heavy atom. The van der Waals surface area contributed by atoms with Gasteiger partial charge in [0, 0.05) is 58.3 Å². The van der Waals surface area contributed by atoms with Gasteiger partial charge in [-0.1, -0.05) is 6.92 Å². The number of likely N-dealkylation sites (N-methyl/N-ethyl adjacent to an activating group) is 1. The van der Waals surface area contributed by atoms with E-state index in [4.69, 9.17) is 4.99 Å². The van der Waals surface area contributed by atoms with Crippen LogP contribution in [0.4, 0.5) is 0 Å². The average Bonchev–Trinajstić information content (AvgIpc) is 3.07. The van der Waals surface area contributed by atoms with E-state index in [0.29, 0.717) is 6.04 Å². The van der Waals surface area contributed by atoms with E-state index in [-0.39, 0.29) is 24.0 Å². The largest absolute Gasteiger partial charge is 0.357 e. The minimum absolute atomic E-state index is 0. The molecule has 1 unspecified atom stereocenters. The van der Waals surface area contributed by atoms with Crippen molar-refractivity contribution in [3.63, 3.8) is 0 Å². The maximum absolute atomic E-state index is 4.77. The van der Waals surface area contributed by atoms with Crippen LogP contribution in [-0.4, -0.2) is 89.4 Å². The highest BCUT2D eigenvalue weighted by atomic mass is 127. The Morgan fingerprint density at radius 3 is 2.62 bits per heavy atom. The van der Waals surface area contributed by atoms with Crippen LogP contribution < -0.4 is 10.6 Å². The third-order valence-electron chi connectivity index (χ3n) is 4.68. The molecule has 2 heterocycles. The molecule has 9 heteroatoms. The normalized spacial score (nSPS) is 17.6. The molecule has 0 radical (unpaired) electrons. The van der Waals surface area contributed by atoms with Crippen LogP contribution in [0, 0.1) is 0 Å². The molecular formula is C17H35IN8. The van der Waals surface area contributed by atoms with Gasteiger partial charge in [-0.15, -0.1) is 34.2 Å². The molecule has 1 aromatic rings. The summed E-state index contributed by atoms with van der Waals surface area (Å²) in [4.78, 5) is 9.68. The molecular weight excluding hydrogens is 443 g/mol. The molecule has 1 aliphatic heterocycles. The first-order valence-corrected chi connectivity index (χ1v) is 9.45. The van der Waals surface area contributed by atoms with Crippen molar-refractivity contribution in [1.82, 2.24) is 35.2 Å². The number of hydrogen-bond donors (Lipinski definition) is 2. The summed E-state index contributed by atoms with van der Waals surface area (Å²) >= 11 is 0. The maximum atomic E-state index is 4.77. The van der Waals surface area contributed by atoms with Crippen LogP contribution >= 0.6 is 24.0 Å². The van der Waals surface area contributed by atoms with Gasteiger partial charge in [-0.25, -0.2) is 0 Å². The van der Waals surface area contributed by atoms with Crippen molar-refractivity contribution in [2.45, 2.75) is 39.8 Å². The molecule has 2 rings (SSSR count). The van der Waals surface area contributed by atoms with Gasteiger partial charge in [-0.05, 0) is 20.9 Å². The fourth-order valence-corrected chi connectivity index (χ4v) is 2.98. The first-order valence-electron chi connectivity index (χ1n) is 9.45. The summed E-state index contributed by atoms with van der Waals surface area (Å²) in [5.74, 6) is 1.90.